The van der Waals surface area contributed by atoms with Gasteiger partial charge in [-0.2, -0.15) is 4.98 Å². The number of halogens is 1. The smallest absolute Gasteiger partial charge is 0.351 e. The number of rotatable bonds is 21. The summed E-state index contributed by atoms with van der Waals surface area (Å²) in [6.45, 7) is 21.6. The van der Waals surface area contributed by atoms with E-state index in [-0.39, 0.29) is 68.2 Å². The molecule has 5 N–H and O–H groups in total. The Morgan fingerprint density at radius 3 is 2.13 bits per heavy atom. The van der Waals surface area contributed by atoms with Crippen LogP contribution in [-0.4, -0.2) is 81.1 Å². The maximum atomic E-state index is 13.5. The fourth-order valence-electron chi connectivity index (χ4n) is 7.75. The monoisotopic (exact) mass is 864 g/mol. The van der Waals surface area contributed by atoms with Gasteiger partial charge in [0.25, 0.3) is 0 Å². The van der Waals surface area contributed by atoms with Crippen molar-refractivity contribution >= 4 is 29.2 Å². The molecule has 3 rings (SSSR count). The molecule has 1 aromatic heterocycles. The van der Waals surface area contributed by atoms with E-state index in [1.807, 2.05) is 27.7 Å². The van der Waals surface area contributed by atoms with E-state index in [4.69, 9.17) is 31.5 Å². The van der Waals surface area contributed by atoms with Crippen LogP contribution in [0.15, 0.2) is 11.0 Å². The van der Waals surface area contributed by atoms with Gasteiger partial charge in [-0.1, -0.05) is 33.1 Å². The molecule has 12 nitrogen and oxygen atoms in total. The van der Waals surface area contributed by atoms with Crippen molar-refractivity contribution < 1.29 is 50.0 Å². The normalized spacial score (nSPS) is 22.5. The number of nitrogens with two attached hydrogens (primary N) is 1. The summed E-state index contributed by atoms with van der Waals surface area (Å²) in [6.07, 6.45) is 9.18. The predicted molar refractivity (Wildman–Crippen MR) is 210 cm³/mol. The third kappa shape index (κ3) is 15.4. The fraction of sp³-hybridized carbons (Fsp3) is 0.825. The van der Waals surface area contributed by atoms with E-state index in [2.05, 4.69) is 50.2 Å². The number of nitrogens with zero attached hydrogens (tertiary/aromatic N) is 2. The molecule has 0 radical (unpaired) electrons. The van der Waals surface area contributed by atoms with Gasteiger partial charge in [-0.25, -0.2) is 4.79 Å². The second-order valence-electron chi connectivity index (χ2n) is 17.8. The van der Waals surface area contributed by atoms with Crippen LogP contribution >= 0.6 is 11.6 Å². The Balaban J connectivity index is 0.0000101. The third-order valence-electron chi connectivity index (χ3n) is 10.8. The second kappa shape index (κ2) is 21.3. The first-order valence-electron chi connectivity index (χ1n) is 19.6. The Labute approximate surface area is 343 Å². The Bertz CT molecular complexity index is 1390. The number of amides is 2. The summed E-state index contributed by atoms with van der Waals surface area (Å²) >= 11 is 5.77. The zero-order chi connectivity index (χ0) is 39.6. The minimum atomic E-state index is -0.780. The quantitative estimate of drug-likeness (QED) is 0.0505. The average Bonchev–Trinajstić information content (AvgIpc) is 3.38. The van der Waals surface area contributed by atoms with Crippen LogP contribution in [0, 0.1) is 18.8 Å². The number of anilines is 1. The molecule has 1 aliphatic heterocycles. The molecule has 0 spiro atoms. The van der Waals surface area contributed by atoms with E-state index >= 15 is 0 Å². The predicted octanol–water partition coefficient (Wildman–Crippen LogP) is 5.96. The van der Waals surface area contributed by atoms with Gasteiger partial charge in [0, 0.05) is 69.0 Å². The fourth-order valence-corrected chi connectivity index (χ4v) is 7.94. The molecule has 2 aliphatic rings. The molecule has 2 unspecified atom stereocenters. The van der Waals surface area contributed by atoms with Crippen molar-refractivity contribution in [3.8, 4) is 0 Å². The van der Waals surface area contributed by atoms with Crippen molar-refractivity contribution in [2.45, 2.75) is 173 Å². The first-order valence-corrected chi connectivity index (χ1v) is 20.2. The van der Waals surface area contributed by atoms with E-state index in [0.29, 0.717) is 57.4 Å². The molecule has 2 heterocycles. The van der Waals surface area contributed by atoms with Gasteiger partial charge < -0.3 is 42.6 Å². The van der Waals surface area contributed by atoms with Gasteiger partial charge in [-0.05, 0) is 104 Å². The second-order valence-corrected chi connectivity index (χ2v) is 18.1. The van der Waals surface area contributed by atoms with Gasteiger partial charge in [0.2, 0.25) is 11.8 Å². The number of aliphatic hydroxyl groups is 1. The van der Waals surface area contributed by atoms with Gasteiger partial charge in [-0.15, -0.1) is 11.6 Å². The Morgan fingerprint density at radius 1 is 0.963 bits per heavy atom. The number of nitrogens with one attached hydrogen (secondary N) is 2. The summed E-state index contributed by atoms with van der Waals surface area (Å²) < 4.78 is 19.4. The Hall–Kier alpha value is -1.56. The molecule has 14 heteroatoms. The summed E-state index contributed by atoms with van der Waals surface area (Å²) in [6, 6.07) is 0. The molecular formula is C40H69ClMoN5O7-. The first kappa shape index (κ1) is 48.6. The maximum Gasteiger partial charge on any atom is 0.351 e. The number of hydrogen-bond donors (Lipinski definition) is 4. The van der Waals surface area contributed by atoms with Crippen LogP contribution in [-0.2, 0) is 50.3 Å². The Kier molecular flexibility index (Phi) is 19.1. The van der Waals surface area contributed by atoms with Gasteiger partial charge in [0.05, 0.1) is 30.5 Å². The summed E-state index contributed by atoms with van der Waals surface area (Å²) in [4.78, 5) is 43.2. The first-order chi connectivity index (χ1) is 24.7. The van der Waals surface area contributed by atoms with Crippen molar-refractivity contribution in [2.75, 3.05) is 31.4 Å². The number of nitrogen functional groups attached to an aromatic ring is 1. The number of hydrogen-bond acceptors (Lipinski definition) is 9. The van der Waals surface area contributed by atoms with Gasteiger partial charge in [-0.3, -0.25) is 14.2 Å². The topological polar surface area (TPSA) is 167 Å². The molecule has 54 heavy (non-hydrogen) atoms. The van der Waals surface area contributed by atoms with Crippen molar-refractivity contribution in [1.29, 1.82) is 0 Å². The standard InChI is InChI=1S/C40H69ClN5O7.Mo/c1-27-31(47)24-32(53-27)46-25-30(33(42)44-36(46)50)37(2,3)26-38(4,5)45-35(49)29-16-14-28(15-17-29)34(48)43-21-23-52-40(8,9)19-22-51-39(6,7)18-12-10-11-13-20-41;/h25,27-29,31-32,47H,1,10-24,26H2,2-9H3,(H,43,48)(H,45,49)(H2,42,44,50);/q-1;/t27-,28?,29?,31?,32?;/m1./s1. The summed E-state index contributed by atoms with van der Waals surface area (Å²) in [5.74, 6) is 0.535. The van der Waals surface area contributed by atoms with E-state index in [1.165, 1.54) is 11.0 Å². The maximum absolute atomic E-state index is 13.5. The van der Waals surface area contributed by atoms with E-state index in [9.17, 15) is 19.5 Å². The summed E-state index contributed by atoms with van der Waals surface area (Å²) in [5, 5.41) is 16.4. The number of carbonyl (C=O) groups is 2. The van der Waals surface area contributed by atoms with Crippen molar-refractivity contribution in [2.24, 2.45) is 11.8 Å². The van der Waals surface area contributed by atoms with Crippen LogP contribution in [0.3, 0.4) is 0 Å². The van der Waals surface area contributed by atoms with E-state index in [0.717, 1.165) is 38.0 Å². The summed E-state index contributed by atoms with van der Waals surface area (Å²) in [5.41, 5.74) is 4.63. The molecule has 310 valence electrons. The molecule has 2 fully saturated rings. The van der Waals surface area contributed by atoms with Crippen LogP contribution < -0.4 is 22.1 Å². The third-order valence-corrected chi connectivity index (χ3v) is 11.1. The number of ether oxygens (including phenoxy) is 3. The van der Waals surface area contributed by atoms with Crippen LogP contribution in [0.1, 0.15) is 144 Å². The van der Waals surface area contributed by atoms with Crippen LogP contribution in [0.2, 0.25) is 0 Å². The molecule has 1 aliphatic carbocycles. The van der Waals surface area contributed by atoms with Gasteiger partial charge >= 0.3 is 5.69 Å². The number of aliphatic hydroxyl groups excluding tert-OH is 1. The average molecular weight is 863 g/mol. The molecule has 1 saturated heterocycles. The van der Waals surface area contributed by atoms with Crippen molar-refractivity contribution in [3.05, 3.63) is 29.2 Å². The largest absolute Gasteiger partial charge is 0.393 e. The summed E-state index contributed by atoms with van der Waals surface area (Å²) in [7, 11) is 0. The molecule has 2 amide bonds. The molecule has 3 atom stereocenters. The van der Waals surface area contributed by atoms with Crippen LogP contribution in [0.4, 0.5) is 5.82 Å². The minimum absolute atomic E-state index is 0. The molecular weight excluding hydrogens is 794 g/mol. The number of carbonyl (C=O) groups excluding carboxylic acids is 2. The van der Waals surface area contributed by atoms with Gasteiger partial charge in [0.15, 0.2) is 0 Å². The Morgan fingerprint density at radius 2 is 1.54 bits per heavy atom. The SMILES string of the molecule is [CH2-][C@H]1OC(n2cc(C(C)(C)CC(C)(C)NC(=O)C3CCC(C(=O)NCCOC(C)(C)CCOC(C)(C)CCCCCCCl)CC3)c(N)nc2=O)CC1O.[Mo]. The van der Waals surface area contributed by atoms with Crippen LogP contribution in [0.25, 0.3) is 0 Å². The molecule has 1 aromatic rings. The van der Waals surface area contributed by atoms with Crippen molar-refractivity contribution in [1.82, 2.24) is 20.2 Å². The minimum Gasteiger partial charge on any atom is -0.393 e. The molecule has 1 saturated carbocycles. The van der Waals surface area contributed by atoms with Gasteiger partial charge in [0.1, 0.15) is 12.0 Å². The van der Waals surface area contributed by atoms with Crippen molar-refractivity contribution in [3.63, 3.8) is 0 Å². The number of aromatic nitrogens is 2. The molecule has 0 bridgehead atoms. The number of alkyl halides is 1. The zero-order valence-electron chi connectivity index (χ0n) is 34.1. The zero-order valence-corrected chi connectivity index (χ0v) is 36.9. The number of unbranched alkanes of at least 4 members (excludes halogenated alkanes) is 3. The van der Waals surface area contributed by atoms with Crippen LogP contribution in [0.5, 0.6) is 0 Å². The van der Waals surface area contributed by atoms with E-state index < -0.39 is 35.1 Å². The molecule has 0 aromatic carbocycles. The van der Waals surface area contributed by atoms with E-state index in [1.54, 1.807) is 6.20 Å².